The van der Waals surface area contributed by atoms with Crippen molar-refractivity contribution in [1.29, 1.82) is 0 Å². The van der Waals surface area contributed by atoms with E-state index in [4.69, 9.17) is 4.74 Å². The highest BCUT2D eigenvalue weighted by molar-refractivity contribution is 6.04. The first-order valence-electron chi connectivity index (χ1n) is 10.4. The summed E-state index contributed by atoms with van der Waals surface area (Å²) in [5.74, 6) is 3.15. The lowest BCUT2D eigenvalue weighted by atomic mass is 10.2. The van der Waals surface area contributed by atoms with E-state index < -0.39 is 0 Å². The zero-order chi connectivity index (χ0) is 23.2. The molecule has 4 rings (SSSR count). The lowest BCUT2D eigenvalue weighted by Gasteiger charge is -2.11. The van der Waals surface area contributed by atoms with Gasteiger partial charge < -0.3 is 20.7 Å². The quantitative estimate of drug-likeness (QED) is 0.361. The first kappa shape index (κ1) is 21.8. The minimum Gasteiger partial charge on any atom is -0.497 e. The summed E-state index contributed by atoms with van der Waals surface area (Å²) >= 11 is 0. The predicted octanol–water partition coefficient (Wildman–Crippen LogP) is 5.24. The monoisotopic (exact) mass is 440 g/mol. The van der Waals surface area contributed by atoms with Crippen molar-refractivity contribution in [2.45, 2.75) is 13.8 Å². The molecule has 2 aromatic heterocycles. The van der Waals surface area contributed by atoms with Crippen molar-refractivity contribution in [2.75, 3.05) is 23.1 Å². The molecule has 166 valence electrons. The summed E-state index contributed by atoms with van der Waals surface area (Å²) in [6.45, 7) is 3.84. The molecule has 0 aliphatic heterocycles. The van der Waals surface area contributed by atoms with Gasteiger partial charge in [-0.15, -0.1) is 0 Å². The fourth-order valence-corrected chi connectivity index (χ4v) is 3.16. The van der Waals surface area contributed by atoms with Gasteiger partial charge in [0.1, 0.15) is 29.0 Å². The maximum atomic E-state index is 12.4. The normalized spacial score (nSPS) is 10.4. The van der Waals surface area contributed by atoms with Gasteiger partial charge in [-0.3, -0.25) is 4.79 Å². The molecule has 0 aliphatic rings. The van der Waals surface area contributed by atoms with Crippen molar-refractivity contribution in [3.05, 3.63) is 89.9 Å². The largest absolute Gasteiger partial charge is 0.497 e. The van der Waals surface area contributed by atoms with Crippen LogP contribution in [-0.4, -0.2) is 28.0 Å². The predicted molar refractivity (Wildman–Crippen MR) is 130 cm³/mol. The van der Waals surface area contributed by atoms with Crippen LogP contribution in [0, 0.1) is 13.8 Å². The third kappa shape index (κ3) is 5.82. The van der Waals surface area contributed by atoms with Gasteiger partial charge in [-0.25, -0.2) is 15.0 Å². The molecule has 0 aliphatic carbocycles. The number of carbonyl (C=O) groups is 1. The Hall–Kier alpha value is -4.46. The van der Waals surface area contributed by atoms with Crippen molar-refractivity contribution < 1.29 is 9.53 Å². The number of amides is 1. The smallest absolute Gasteiger partial charge is 0.255 e. The molecule has 3 N–H and O–H groups in total. The molecule has 8 heteroatoms. The van der Waals surface area contributed by atoms with Crippen LogP contribution in [0.4, 0.5) is 28.8 Å². The van der Waals surface area contributed by atoms with E-state index in [1.165, 1.54) is 0 Å². The Labute approximate surface area is 192 Å². The van der Waals surface area contributed by atoms with Crippen LogP contribution in [0.25, 0.3) is 0 Å². The van der Waals surface area contributed by atoms with Gasteiger partial charge in [0.25, 0.3) is 5.91 Å². The van der Waals surface area contributed by atoms with E-state index in [2.05, 4.69) is 30.9 Å². The second-order valence-corrected chi connectivity index (χ2v) is 7.41. The average Bonchev–Trinajstić information content (AvgIpc) is 2.80. The Kier molecular flexibility index (Phi) is 6.45. The van der Waals surface area contributed by atoms with Crippen molar-refractivity contribution in [1.82, 2.24) is 15.0 Å². The molecule has 2 heterocycles. The molecule has 0 saturated carbocycles. The number of rotatable bonds is 7. The molecule has 0 spiro atoms. The van der Waals surface area contributed by atoms with Gasteiger partial charge in [0.15, 0.2) is 0 Å². The SMILES string of the molecule is COc1ccc(C(=O)Nc2ccc(Nc3cc(Nc4cc(C)ccn4)nc(C)n3)cc2)cc1. The van der Waals surface area contributed by atoms with Gasteiger partial charge in [-0.05, 0) is 80.1 Å². The zero-order valence-electron chi connectivity index (χ0n) is 18.6. The molecular weight excluding hydrogens is 416 g/mol. The second-order valence-electron chi connectivity index (χ2n) is 7.41. The number of pyridine rings is 1. The number of benzene rings is 2. The van der Waals surface area contributed by atoms with Gasteiger partial charge >= 0.3 is 0 Å². The van der Waals surface area contributed by atoms with Crippen LogP contribution in [-0.2, 0) is 0 Å². The molecule has 0 fully saturated rings. The van der Waals surface area contributed by atoms with Crippen LogP contribution in [0.3, 0.4) is 0 Å². The molecule has 0 bridgehead atoms. The van der Waals surface area contributed by atoms with Crippen LogP contribution in [0.1, 0.15) is 21.7 Å². The Balaban J connectivity index is 1.42. The van der Waals surface area contributed by atoms with E-state index in [1.807, 2.05) is 56.3 Å². The third-order valence-electron chi connectivity index (χ3n) is 4.78. The molecule has 33 heavy (non-hydrogen) atoms. The molecule has 1 amide bonds. The van der Waals surface area contributed by atoms with Gasteiger partial charge in [0.05, 0.1) is 7.11 Å². The van der Waals surface area contributed by atoms with Crippen molar-refractivity contribution >= 4 is 34.7 Å². The van der Waals surface area contributed by atoms with Crippen LogP contribution >= 0.6 is 0 Å². The third-order valence-corrected chi connectivity index (χ3v) is 4.78. The Morgan fingerprint density at radius 3 is 2.12 bits per heavy atom. The molecule has 2 aromatic carbocycles. The minimum absolute atomic E-state index is 0.190. The Morgan fingerprint density at radius 2 is 1.45 bits per heavy atom. The van der Waals surface area contributed by atoms with Gasteiger partial charge in [-0.1, -0.05) is 0 Å². The van der Waals surface area contributed by atoms with Crippen LogP contribution in [0.5, 0.6) is 5.75 Å². The molecule has 0 atom stereocenters. The Bertz CT molecular complexity index is 1260. The van der Waals surface area contributed by atoms with Gasteiger partial charge in [-0.2, -0.15) is 0 Å². The van der Waals surface area contributed by atoms with E-state index in [1.54, 1.807) is 37.6 Å². The average molecular weight is 441 g/mol. The number of aryl methyl sites for hydroxylation is 2. The summed E-state index contributed by atoms with van der Waals surface area (Å²) < 4.78 is 5.12. The first-order chi connectivity index (χ1) is 16.0. The number of anilines is 5. The molecular formula is C25H24N6O2. The number of ether oxygens (including phenoxy) is 1. The van der Waals surface area contributed by atoms with Crippen LogP contribution < -0.4 is 20.7 Å². The van der Waals surface area contributed by atoms with Crippen LogP contribution in [0.15, 0.2) is 72.9 Å². The summed E-state index contributed by atoms with van der Waals surface area (Å²) in [5.41, 5.74) is 3.18. The van der Waals surface area contributed by atoms with Crippen molar-refractivity contribution in [2.24, 2.45) is 0 Å². The van der Waals surface area contributed by atoms with E-state index >= 15 is 0 Å². The zero-order valence-corrected chi connectivity index (χ0v) is 18.6. The summed E-state index contributed by atoms with van der Waals surface area (Å²) in [6, 6.07) is 20.0. The van der Waals surface area contributed by atoms with Crippen LogP contribution in [0.2, 0.25) is 0 Å². The summed E-state index contributed by atoms with van der Waals surface area (Å²) in [5, 5.41) is 9.36. The fourth-order valence-electron chi connectivity index (χ4n) is 3.16. The van der Waals surface area contributed by atoms with Crippen molar-refractivity contribution in [3.8, 4) is 5.75 Å². The molecule has 0 saturated heterocycles. The number of nitrogens with one attached hydrogen (secondary N) is 3. The second kappa shape index (κ2) is 9.78. The molecule has 0 radical (unpaired) electrons. The molecule has 8 nitrogen and oxygen atoms in total. The van der Waals surface area contributed by atoms with Gasteiger partial charge in [0.2, 0.25) is 0 Å². The van der Waals surface area contributed by atoms with Gasteiger partial charge in [0, 0.05) is 29.2 Å². The number of carbonyl (C=O) groups excluding carboxylic acids is 1. The summed E-state index contributed by atoms with van der Waals surface area (Å²) in [6.07, 6.45) is 1.75. The standard InChI is InChI=1S/C25H24N6O2/c1-16-12-13-26-22(14-16)31-24-15-23(27-17(2)28-24)29-19-6-8-20(9-7-19)30-25(32)18-4-10-21(33-3)11-5-18/h4-15H,1-3H3,(H,30,32)(H2,26,27,28,29,31). The lowest BCUT2D eigenvalue weighted by molar-refractivity contribution is 0.102. The highest BCUT2D eigenvalue weighted by atomic mass is 16.5. The number of aromatic nitrogens is 3. The van der Waals surface area contributed by atoms with E-state index in [0.29, 0.717) is 34.5 Å². The minimum atomic E-state index is -0.190. The maximum absolute atomic E-state index is 12.4. The highest BCUT2D eigenvalue weighted by Gasteiger charge is 2.08. The maximum Gasteiger partial charge on any atom is 0.255 e. The van der Waals surface area contributed by atoms with E-state index in [0.717, 1.165) is 17.1 Å². The molecule has 4 aromatic rings. The fraction of sp³-hybridized carbons (Fsp3) is 0.120. The summed E-state index contributed by atoms with van der Waals surface area (Å²) in [4.78, 5) is 25.6. The summed E-state index contributed by atoms with van der Waals surface area (Å²) in [7, 11) is 1.59. The van der Waals surface area contributed by atoms with Crippen molar-refractivity contribution in [3.63, 3.8) is 0 Å². The topological polar surface area (TPSA) is 101 Å². The number of hydrogen-bond acceptors (Lipinski definition) is 7. The number of methoxy groups -OCH3 is 1. The lowest BCUT2D eigenvalue weighted by Crippen LogP contribution is -2.11. The highest BCUT2D eigenvalue weighted by Crippen LogP contribution is 2.22. The number of nitrogens with zero attached hydrogens (tertiary/aromatic N) is 3. The van der Waals surface area contributed by atoms with E-state index in [9.17, 15) is 4.79 Å². The van der Waals surface area contributed by atoms with E-state index in [-0.39, 0.29) is 5.91 Å². The number of hydrogen-bond donors (Lipinski definition) is 3. The molecule has 0 unspecified atom stereocenters. The first-order valence-corrected chi connectivity index (χ1v) is 10.4. The Morgan fingerprint density at radius 1 is 0.788 bits per heavy atom.